The van der Waals surface area contributed by atoms with Crippen molar-refractivity contribution in [1.82, 2.24) is 0 Å². The lowest BCUT2D eigenvalue weighted by molar-refractivity contribution is 0.311. The van der Waals surface area contributed by atoms with E-state index < -0.39 is 16.8 Å². The van der Waals surface area contributed by atoms with Crippen molar-refractivity contribution < 1.29 is 17.0 Å². The third kappa shape index (κ3) is 4.72. The van der Waals surface area contributed by atoms with Crippen molar-refractivity contribution in [2.24, 2.45) is 0 Å². The fourth-order valence-corrected chi connectivity index (χ4v) is 1.99. The molecular weight excluding hydrogens is 287 g/mol. The molecule has 3 nitrogen and oxygen atoms in total. The van der Waals surface area contributed by atoms with Crippen LogP contribution in [0.1, 0.15) is 11.1 Å². The summed E-state index contributed by atoms with van der Waals surface area (Å²) in [5, 5.41) is 0. The minimum absolute atomic E-state index is 0.0781. The quantitative estimate of drug-likeness (QED) is 0.802. The zero-order valence-corrected chi connectivity index (χ0v) is 10.4. The maximum Gasteiger partial charge on any atom is 0.264 e. The molecule has 0 aliphatic carbocycles. The van der Waals surface area contributed by atoms with Crippen LogP contribution in [0.2, 0.25) is 0 Å². The van der Waals surface area contributed by atoms with Crippen molar-refractivity contribution in [3.05, 3.63) is 33.8 Å². The molecule has 0 spiro atoms. The summed E-state index contributed by atoms with van der Waals surface area (Å²) in [6.07, 6.45) is 0.973. The first-order valence-corrected chi connectivity index (χ1v) is 6.70. The highest BCUT2D eigenvalue weighted by atomic mass is 79.9. The van der Waals surface area contributed by atoms with Gasteiger partial charge in [-0.15, -0.1) is 0 Å². The minimum atomic E-state index is -3.46. The summed E-state index contributed by atoms with van der Waals surface area (Å²) in [5.41, 5.74) is 1.10. The van der Waals surface area contributed by atoms with Crippen molar-refractivity contribution in [2.45, 2.75) is 13.3 Å². The molecular formula is C9H10BrFO3S. The summed E-state index contributed by atoms with van der Waals surface area (Å²) >= 11 is 3.20. The van der Waals surface area contributed by atoms with Gasteiger partial charge in [0, 0.05) is 4.47 Å². The number of hydrogen-bond acceptors (Lipinski definition) is 3. The van der Waals surface area contributed by atoms with Crippen molar-refractivity contribution in [1.29, 1.82) is 0 Å². The van der Waals surface area contributed by atoms with Gasteiger partial charge in [-0.25, -0.2) is 4.39 Å². The second-order valence-electron chi connectivity index (χ2n) is 3.07. The minimum Gasteiger partial charge on any atom is -0.265 e. The molecule has 1 aromatic rings. The van der Waals surface area contributed by atoms with Crippen molar-refractivity contribution in [3.8, 4) is 0 Å². The molecule has 0 bridgehead atoms. The summed E-state index contributed by atoms with van der Waals surface area (Å²) < 4.78 is 39.1. The van der Waals surface area contributed by atoms with Crippen LogP contribution in [0, 0.1) is 0 Å². The first kappa shape index (κ1) is 12.6. The van der Waals surface area contributed by atoms with Crippen LogP contribution in [0.25, 0.3) is 0 Å². The van der Waals surface area contributed by atoms with E-state index in [1.54, 1.807) is 18.2 Å². The van der Waals surface area contributed by atoms with Crippen LogP contribution >= 0.6 is 15.9 Å². The molecule has 15 heavy (non-hydrogen) atoms. The molecule has 0 N–H and O–H groups in total. The predicted octanol–water partition coefficient (Wildman–Crippen LogP) is 2.39. The van der Waals surface area contributed by atoms with Crippen LogP contribution in [0.3, 0.4) is 0 Å². The molecule has 0 radical (unpaired) electrons. The first-order chi connectivity index (χ1) is 6.90. The lowest BCUT2D eigenvalue weighted by Gasteiger charge is -2.04. The van der Waals surface area contributed by atoms with Crippen molar-refractivity contribution >= 4 is 26.0 Å². The Balaban J connectivity index is 2.81. The Morgan fingerprint density at radius 3 is 2.47 bits per heavy atom. The van der Waals surface area contributed by atoms with E-state index in [4.69, 9.17) is 0 Å². The normalized spacial score (nSPS) is 11.7. The van der Waals surface area contributed by atoms with Crippen LogP contribution in [-0.2, 0) is 27.6 Å². The number of halogens is 2. The third-order valence-corrected chi connectivity index (χ3v) is 2.62. The zero-order valence-electron chi connectivity index (χ0n) is 8.04. The number of benzene rings is 1. The average Bonchev–Trinajstić information content (AvgIpc) is 2.13. The highest BCUT2D eigenvalue weighted by Crippen LogP contribution is 2.17. The highest BCUT2D eigenvalue weighted by molar-refractivity contribution is 9.10. The summed E-state index contributed by atoms with van der Waals surface area (Å²) in [5.74, 6) is 0. The maximum atomic E-state index is 12.4. The molecule has 0 unspecified atom stereocenters. The standard InChI is InChI=1S/C9H10BrFO3S/c1-15(12,13)14-6-8-2-7(5-11)3-9(10)4-8/h2-4H,5-6H2,1H3. The molecule has 0 aliphatic heterocycles. The van der Waals surface area contributed by atoms with E-state index in [0.29, 0.717) is 15.6 Å². The van der Waals surface area contributed by atoms with Gasteiger partial charge in [-0.1, -0.05) is 22.0 Å². The SMILES string of the molecule is CS(=O)(=O)OCc1cc(Br)cc(CF)c1. The van der Waals surface area contributed by atoms with Crippen LogP contribution in [-0.4, -0.2) is 14.7 Å². The molecule has 0 aromatic heterocycles. The highest BCUT2D eigenvalue weighted by Gasteiger charge is 2.04. The summed E-state index contributed by atoms with van der Waals surface area (Å²) in [6, 6.07) is 4.88. The molecule has 6 heteroatoms. The van der Waals surface area contributed by atoms with Gasteiger partial charge in [0.05, 0.1) is 12.9 Å². The lowest BCUT2D eigenvalue weighted by Crippen LogP contribution is -2.02. The molecule has 0 atom stereocenters. The van der Waals surface area contributed by atoms with Gasteiger partial charge in [-0.05, 0) is 23.3 Å². The van der Waals surface area contributed by atoms with E-state index in [0.717, 1.165) is 6.26 Å². The van der Waals surface area contributed by atoms with E-state index in [9.17, 15) is 12.8 Å². The fraction of sp³-hybridized carbons (Fsp3) is 0.333. The van der Waals surface area contributed by atoms with Gasteiger partial charge in [-0.3, -0.25) is 4.18 Å². The van der Waals surface area contributed by atoms with Crippen LogP contribution in [0.15, 0.2) is 22.7 Å². The second kappa shape index (κ2) is 5.05. The number of rotatable bonds is 4. The number of alkyl halides is 1. The van der Waals surface area contributed by atoms with E-state index >= 15 is 0 Å². The van der Waals surface area contributed by atoms with Crippen LogP contribution in [0.4, 0.5) is 4.39 Å². The first-order valence-electron chi connectivity index (χ1n) is 4.09. The van der Waals surface area contributed by atoms with E-state index in [2.05, 4.69) is 20.1 Å². The summed E-state index contributed by atoms with van der Waals surface area (Å²) in [6.45, 7) is -0.670. The molecule has 1 aromatic carbocycles. The predicted molar refractivity (Wildman–Crippen MR) is 58.6 cm³/mol. The Morgan fingerprint density at radius 1 is 1.33 bits per heavy atom. The summed E-state index contributed by atoms with van der Waals surface area (Å²) in [4.78, 5) is 0. The molecule has 0 fully saturated rings. The molecule has 1 rings (SSSR count). The van der Waals surface area contributed by atoms with Crippen LogP contribution < -0.4 is 0 Å². The Morgan fingerprint density at radius 2 is 1.93 bits per heavy atom. The Bertz CT molecular complexity index is 445. The van der Waals surface area contributed by atoms with Gasteiger partial charge in [0.25, 0.3) is 10.1 Å². The van der Waals surface area contributed by atoms with E-state index in [-0.39, 0.29) is 6.61 Å². The second-order valence-corrected chi connectivity index (χ2v) is 5.63. The Labute approximate surface area is 96.5 Å². The monoisotopic (exact) mass is 296 g/mol. The molecule has 0 saturated carbocycles. The fourth-order valence-electron chi connectivity index (χ4n) is 1.05. The molecule has 0 heterocycles. The van der Waals surface area contributed by atoms with Gasteiger partial charge in [-0.2, -0.15) is 8.42 Å². The van der Waals surface area contributed by atoms with E-state index in [1.165, 1.54) is 0 Å². The lowest BCUT2D eigenvalue weighted by atomic mass is 10.1. The zero-order chi connectivity index (χ0) is 11.5. The topological polar surface area (TPSA) is 43.4 Å². The van der Waals surface area contributed by atoms with Gasteiger partial charge >= 0.3 is 0 Å². The average molecular weight is 297 g/mol. The molecule has 0 saturated heterocycles. The maximum absolute atomic E-state index is 12.4. The Kier molecular flexibility index (Phi) is 4.24. The number of hydrogen-bond donors (Lipinski definition) is 0. The molecule has 84 valence electrons. The van der Waals surface area contributed by atoms with Gasteiger partial charge < -0.3 is 0 Å². The van der Waals surface area contributed by atoms with Crippen LogP contribution in [0.5, 0.6) is 0 Å². The van der Waals surface area contributed by atoms with Gasteiger partial charge in [0.2, 0.25) is 0 Å². The third-order valence-electron chi connectivity index (χ3n) is 1.61. The Hall–Kier alpha value is -0.460. The van der Waals surface area contributed by atoms with Gasteiger partial charge in [0.1, 0.15) is 6.67 Å². The van der Waals surface area contributed by atoms with Crippen molar-refractivity contribution in [2.75, 3.05) is 6.26 Å². The summed E-state index contributed by atoms with van der Waals surface area (Å²) in [7, 11) is -3.46. The largest absolute Gasteiger partial charge is 0.265 e. The molecule has 0 amide bonds. The smallest absolute Gasteiger partial charge is 0.264 e. The molecule has 0 aliphatic rings. The van der Waals surface area contributed by atoms with E-state index in [1.807, 2.05) is 0 Å². The van der Waals surface area contributed by atoms with Gasteiger partial charge in [0.15, 0.2) is 0 Å². The van der Waals surface area contributed by atoms with Crippen molar-refractivity contribution in [3.63, 3.8) is 0 Å².